The summed E-state index contributed by atoms with van der Waals surface area (Å²) in [5.74, 6) is -0.560. The zero-order valence-corrected chi connectivity index (χ0v) is 8.91. The number of hydrogen-bond donors (Lipinski definition) is 2. The molecular formula is C8H13N3O2S. The highest BCUT2D eigenvalue weighted by molar-refractivity contribution is 7.13. The number of carboxylic acids is 1. The third-order valence-electron chi connectivity index (χ3n) is 1.87. The highest BCUT2D eigenvalue weighted by atomic mass is 32.1. The van der Waals surface area contributed by atoms with Crippen molar-refractivity contribution in [3.63, 3.8) is 0 Å². The van der Waals surface area contributed by atoms with Crippen LogP contribution in [0.2, 0.25) is 0 Å². The lowest BCUT2D eigenvalue weighted by Gasteiger charge is -2.19. The van der Waals surface area contributed by atoms with E-state index in [1.54, 1.807) is 5.51 Å². The lowest BCUT2D eigenvalue weighted by atomic mass is 10.0. The molecule has 0 bridgehead atoms. The summed E-state index contributed by atoms with van der Waals surface area (Å²) in [6, 6.07) is -0.0968. The summed E-state index contributed by atoms with van der Waals surface area (Å²) in [6.45, 7) is 3.95. The molecule has 0 radical (unpaired) electrons. The van der Waals surface area contributed by atoms with Gasteiger partial charge in [-0.2, -0.15) is 0 Å². The number of nitrogens with one attached hydrogen (secondary N) is 1. The van der Waals surface area contributed by atoms with Gasteiger partial charge in [0.25, 0.3) is 0 Å². The largest absolute Gasteiger partial charge is 0.481 e. The molecule has 0 saturated carbocycles. The molecule has 0 spiro atoms. The van der Waals surface area contributed by atoms with E-state index in [0.29, 0.717) is 5.13 Å². The van der Waals surface area contributed by atoms with Crippen LogP contribution in [0.1, 0.15) is 20.3 Å². The molecule has 0 aliphatic rings. The summed E-state index contributed by atoms with van der Waals surface area (Å²) < 4.78 is 0. The molecule has 0 aromatic carbocycles. The maximum atomic E-state index is 10.6. The molecule has 1 aromatic heterocycles. The van der Waals surface area contributed by atoms with Crippen molar-refractivity contribution in [1.29, 1.82) is 0 Å². The van der Waals surface area contributed by atoms with E-state index in [2.05, 4.69) is 15.5 Å². The Morgan fingerprint density at radius 3 is 2.86 bits per heavy atom. The fraction of sp³-hybridized carbons (Fsp3) is 0.625. The summed E-state index contributed by atoms with van der Waals surface area (Å²) >= 11 is 1.37. The van der Waals surface area contributed by atoms with Gasteiger partial charge in [0, 0.05) is 6.04 Å². The Balaban J connectivity index is 2.56. The predicted molar refractivity (Wildman–Crippen MR) is 54.4 cm³/mol. The maximum Gasteiger partial charge on any atom is 0.305 e. The van der Waals surface area contributed by atoms with Gasteiger partial charge >= 0.3 is 5.97 Å². The molecule has 78 valence electrons. The number of anilines is 1. The summed E-state index contributed by atoms with van der Waals surface area (Å²) in [6.07, 6.45) is 0.0945. The van der Waals surface area contributed by atoms with Crippen LogP contribution in [0.3, 0.4) is 0 Å². The monoisotopic (exact) mass is 215 g/mol. The maximum absolute atomic E-state index is 10.6. The molecule has 0 aliphatic heterocycles. The average molecular weight is 215 g/mol. The fourth-order valence-corrected chi connectivity index (χ4v) is 1.54. The predicted octanol–water partition coefficient (Wildman–Crippen LogP) is 1.45. The summed E-state index contributed by atoms with van der Waals surface area (Å²) in [7, 11) is 0. The number of aliphatic carboxylic acids is 1. The van der Waals surface area contributed by atoms with Crippen LogP contribution in [-0.4, -0.2) is 27.3 Å². The average Bonchev–Trinajstić information content (AvgIpc) is 2.54. The number of carbonyl (C=O) groups is 1. The van der Waals surface area contributed by atoms with Crippen molar-refractivity contribution in [2.75, 3.05) is 5.32 Å². The molecule has 1 heterocycles. The van der Waals surface area contributed by atoms with Gasteiger partial charge in [-0.1, -0.05) is 25.2 Å². The molecule has 0 aliphatic carbocycles. The van der Waals surface area contributed by atoms with E-state index >= 15 is 0 Å². The van der Waals surface area contributed by atoms with Gasteiger partial charge in [-0.25, -0.2) is 0 Å². The molecule has 1 atom stereocenters. The van der Waals surface area contributed by atoms with Gasteiger partial charge in [-0.3, -0.25) is 4.79 Å². The van der Waals surface area contributed by atoms with Gasteiger partial charge in [0.05, 0.1) is 6.42 Å². The van der Waals surface area contributed by atoms with E-state index in [-0.39, 0.29) is 18.4 Å². The minimum absolute atomic E-state index is 0.0945. The Morgan fingerprint density at radius 1 is 1.71 bits per heavy atom. The first-order valence-electron chi connectivity index (χ1n) is 4.34. The van der Waals surface area contributed by atoms with Gasteiger partial charge in [-0.15, -0.1) is 10.2 Å². The molecule has 2 N–H and O–H groups in total. The highest BCUT2D eigenvalue weighted by Crippen LogP contribution is 2.16. The molecule has 14 heavy (non-hydrogen) atoms. The van der Waals surface area contributed by atoms with Crippen molar-refractivity contribution in [2.45, 2.75) is 26.3 Å². The number of hydrogen-bond acceptors (Lipinski definition) is 5. The topological polar surface area (TPSA) is 75.1 Å². The minimum Gasteiger partial charge on any atom is -0.481 e. The van der Waals surface area contributed by atoms with Gasteiger partial charge in [0.15, 0.2) is 0 Å². The SMILES string of the molecule is CC(C)C(CC(=O)O)Nc1nncs1. The lowest BCUT2D eigenvalue weighted by Crippen LogP contribution is -2.28. The van der Waals surface area contributed by atoms with Gasteiger partial charge in [0.1, 0.15) is 5.51 Å². The van der Waals surface area contributed by atoms with Crippen LogP contribution in [0, 0.1) is 5.92 Å². The van der Waals surface area contributed by atoms with Crippen molar-refractivity contribution in [3.05, 3.63) is 5.51 Å². The van der Waals surface area contributed by atoms with Crippen molar-refractivity contribution < 1.29 is 9.90 Å². The molecule has 0 amide bonds. The van der Waals surface area contributed by atoms with Crippen LogP contribution in [0.5, 0.6) is 0 Å². The highest BCUT2D eigenvalue weighted by Gasteiger charge is 2.17. The van der Waals surface area contributed by atoms with E-state index in [4.69, 9.17) is 5.11 Å². The Hall–Kier alpha value is -1.17. The van der Waals surface area contributed by atoms with Crippen LogP contribution < -0.4 is 5.32 Å². The molecule has 1 rings (SSSR count). The number of aromatic nitrogens is 2. The Kier molecular flexibility index (Phi) is 3.82. The number of rotatable bonds is 5. The van der Waals surface area contributed by atoms with Crippen LogP contribution in [0.25, 0.3) is 0 Å². The van der Waals surface area contributed by atoms with Crippen molar-refractivity contribution in [2.24, 2.45) is 5.92 Å². The summed E-state index contributed by atoms with van der Waals surface area (Å²) in [5.41, 5.74) is 1.61. The van der Waals surface area contributed by atoms with Crippen LogP contribution in [0.4, 0.5) is 5.13 Å². The molecule has 1 aromatic rings. The first-order chi connectivity index (χ1) is 6.59. The van der Waals surface area contributed by atoms with Crippen molar-refractivity contribution >= 4 is 22.4 Å². The Bertz CT molecular complexity index is 287. The molecule has 1 unspecified atom stereocenters. The third kappa shape index (κ3) is 3.29. The van der Waals surface area contributed by atoms with Gasteiger partial charge < -0.3 is 10.4 Å². The second-order valence-corrected chi connectivity index (χ2v) is 4.17. The standard InChI is InChI=1S/C8H13N3O2S/c1-5(2)6(3-7(12)13)10-8-11-9-4-14-8/h4-6H,3H2,1-2H3,(H,10,11)(H,12,13). The molecular weight excluding hydrogens is 202 g/mol. The third-order valence-corrected chi connectivity index (χ3v) is 2.49. The zero-order chi connectivity index (χ0) is 10.6. The Labute approximate surface area is 86.2 Å². The Morgan fingerprint density at radius 2 is 2.43 bits per heavy atom. The molecule has 5 nitrogen and oxygen atoms in total. The van der Waals surface area contributed by atoms with E-state index in [1.807, 2.05) is 13.8 Å². The van der Waals surface area contributed by atoms with Crippen LogP contribution in [0.15, 0.2) is 5.51 Å². The molecule has 0 saturated heterocycles. The van der Waals surface area contributed by atoms with E-state index in [0.717, 1.165) is 0 Å². The quantitative estimate of drug-likeness (QED) is 0.777. The van der Waals surface area contributed by atoms with Crippen LogP contribution in [-0.2, 0) is 4.79 Å². The van der Waals surface area contributed by atoms with E-state index in [1.165, 1.54) is 11.3 Å². The number of carboxylic acid groups (broad SMARTS) is 1. The minimum atomic E-state index is -0.805. The van der Waals surface area contributed by atoms with Gasteiger partial charge in [-0.05, 0) is 5.92 Å². The fourth-order valence-electron chi connectivity index (χ4n) is 1.04. The summed E-state index contributed by atoms with van der Waals surface area (Å²) in [4.78, 5) is 10.6. The second kappa shape index (κ2) is 4.90. The van der Waals surface area contributed by atoms with Crippen molar-refractivity contribution in [3.8, 4) is 0 Å². The second-order valence-electron chi connectivity index (χ2n) is 3.34. The molecule has 6 heteroatoms. The smallest absolute Gasteiger partial charge is 0.305 e. The normalized spacial score (nSPS) is 12.8. The van der Waals surface area contributed by atoms with Crippen molar-refractivity contribution in [1.82, 2.24) is 10.2 Å². The lowest BCUT2D eigenvalue weighted by molar-refractivity contribution is -0.137. The number of nitrogens with zero attached hydrogens (tertiary/aromatic N) is 2. The van der Waals surface area contributed by atoms with E-state index < -0.39 is 5.97 Å². The summed E-state index contributed by atoms with van der Waals surface area (Å²) in [5, 5.41) is 19.9. The molecule has 0 fully saturated rings. The van der Waals surface area contributed by atoms with Gasteiger partial charge in [0.2, 0.25) is 5.13 Å². The van der Waals surface area contributed by atoms with Crippen LogP contribution >= 0.6 is 11.3 Å². The first kappa shape index (κ1) is 10.9. The first-order valence-corrected chi connectivity index (χ1v) is 5.22. The zero-order valence-electron chi connectivity index (χ0n) is 8.10. The van der Waals surface area contributed by atoms with E-state index in [9.17, 15) is 4.79 Å².